The molecule has 2 rings (SSSR count). The number of nitrogen functional groups attached to an aromatic ring is 1. The summed E-state index contributed by atoms with van der Waals surface area (Å²) in [5, 5.41) is 3.26. The summed E-state index contributed by atoms with van der Waals surface area (Å²) in [7, 11) is 0. The number of benzene rings is 1. The summed E-state index contributed by atoms with van der Waals surface area (Å²) in [5.41, 5.74) is 6.54. The molecule has 0 spiro atoms. The van der Waals surface area contributed by atoms with E-state index in [0.717, 1.165) is 6.42 Å². The fourth-order valence-corrected chi connectivity index (χ4v) is 2.21. The maximum atomic E-state index is 13.5. The maximum Gasteiger partial charge on any atom is 0.148 e. The molecule has 3 heteroatoms. The van der Waals surface area contributed by atoms with Crippen molar-refractivity contribution in [2.24, 2.45) is 5.92 Å². The van der Waals surface area contributed by atoms with Crippen molar-refractivity contribution in [3.8, 4) is 0 Å². The number of rotatable bonds is 2. The molecular formula is C12H17FN2. The van der Waals surface area contributed by atoms with Gasteiger partial charge in [0, 0.05) is 11.7 Å². The van der Waals surface area contributed by atoms with Crippen LogP contribution in [-0.2, 0) is 0 Å². The largest absolute Gasteiger partial charge is 0.399 e. The summed E-state index contributed by atoms with van der Waals surface area (Å²) in [6, 6.07) is 5.21. The van der Waals surface area contributed by atoms with Crippen molar-refractivity contribution in [2.75, 3.05) is 11.1 Å². The molecule has 0 radical (unpaired) electrons. The van der Waals surface area contributed by atoms with Crippen molar-refractivity contribution in [3.63, 3.8) is 0 Å². The third-order valence-electron chi connectivity index (χ3n) is 3.20. The van der Waals surface area contributed by atoms with Gasteiger partial charge in [0.25, 0.3) is 0 Å². The highest BCUT2D eigenvalue weighted by Crippen LogP contribution is 2.29. The molecular weight excluding hydrogens is 191 g/mol. The van der Waals surface area contributed by atoms with Crippen molar-refractivity contribution in [2.45, 2.75) is 32.2 Å². The van der Waals surface area contributed by atoms with Gasteiger partial charge < -0.3 is 11.1 Å². The molecule has 0 aliphatic heterocycles. The molecule has 0 amide bonds. The van der Waals surface area contributed by atoms with E-state index in [0.29, 0.717) is 23.3 Å². The van der Waals surface area contributed by atoms with Gasteiger partial charge in [0.15, 0.2) is 0 Å². The first-order valence-electron chi connectivity index (χ1n) is 5.48. The van der Waals surface area contributed by atoms with Crippen LogP contribution < -0.4 is 11.1 Å². The fourth-order valence-electron chi connectivity index (χ4n) is 2.21. The highest BCUT2D eigenvalue weighted by atomic mass is 19.1. The van der Waals surface area contributed by atoms with Gasteiger partial charge in [-0.15, -0.1) is 0 Å². The third kappa shape index (κ3) is 2.22. The summed E-state index contributed by atoms with van der Waals surface area (Å²) >= 11 is 0. The average Bonchev–Trinajstić information content (AvgIpc) is 2.57. The van der Waals surface area contributed by atoms with Crippen LogP contribution in [0, 0.1) is 11.7 Å². The zero-order valence-corrected chi connectivity index (χ0v) is 8.96. The second-order valence-electron chi connectivity index (χ2n) is 4.40. The van der Waals surface area contributed by atoms with Crippen LogP contribution in [0.5, 0.6) is 0 Å². The third-order valence-corrected chi connectivity index (χ3v) is 3.20. The lowest BCUT2D eigenvalue weighted by molar-refractivity contribution is 0.549. The van der Waals surface area contributed by atoms with Gasteiger partial charge in [0.2, 0.25) is 0 Å². The van der Waals surface area contributed by atoms with Crippen molar-refractivity contribution in [3.05, 3.63) is 24.0 Å². The number of nitrogens with two attached hydrogens (primary N) is 1. The number of anilines is 2. The zero-order valence-electron chi connectivity index (χ0n) is 8.96. The highest BCUT2D eigenvalue weighted by molar-refractivity contribution is 5.53. The molecule has 2 nitrogen and oxygen atoms in total. The van der Waals surface area contributed by atoms with E-state index in [1.54, 1.807) is 12.1 Å². The standard InChI is InChI=1S/C12H17FN2/c1-8-3-2-4-11(8)15-12-6-5-9(14)7-10(12)13/h5-8,11,15H,2-4,14H2,1H3. The first-order chi connectivity index (χ1) is 7.16. The lowest BCUT2D eigenvalue weighted by Gasteiger charge is -2.19. The monoisotopic (exact) mass is 208 g/mol. The van der Waals surface area contributed by atoms with Crippen LogP contribution in [-0.4, -0.2) is 6.04 Å². The second kappa shape index (κ2) is 4.09. The molecule has 0 saturated heterocycles. The normalized spacial score (nSPS) is 25.5. The van der Waals surface area contributed by atoms with E-state index in [1.807, 2.05) is 0 Å². The summed E-state index contributed by atoms with van der Waals surface area (Å²) in [6.45, 7) is 2.21. The van der Waals surface area contributed by atoms with E-state index < -0.39 is 0 Å². The SMILES string of the molecule is CC1CCCC1Nc1ccc(N)cc1F. The fraction of sp³-hybridized carbons (Fsp3) is 0.500. The van der Waals surface area contributed by atoms with Crippen molar-refractivity contribution in [1.29, 1.82) is 0 Å². The summed E-state index contributed by atoms with van der Waals surface area (Å²) in [4.78, 5) is 0. The Morgan fingerprint density at radius 1 is 1.40 bits per heavy atom. The molecule has 0 aromatic heterocycles. The van der Waals surface area contributed by atoms with Crippen LogP contribution in [0.2, 0.25) is 0 Å². The molecule has 1 saturated carbocycles. The van der Waals surface area contributed by atoms with Gasteiger partial charge in [-0.1, -0.05) is 13.3 Å². The molecule has 1 aromatic rings. The van der Waals surface area contributed by atoms with E-state index in [2.05, 4.69) is 12.2 Å². The minimum absolute atomic E-state index is 0.255. The van der Waals surface area contributed by atoms with E-state index in [9.17, 15) is 4.39 Å². The molecule has 3 N–H and O–H groups in total. The maximum absolute atomic E-state index is 13.5. The Balaban J connectivity index is 2.10. The van der Waals surface area contributed by atoms with Crippen molar-refractivity contribution in [1.82, 2.24) is 0 Å². The van der Waals surface area contributed by atoms with Crippen LogP contribution in [0.3, 0.4) is 0 Å². The molecule has 0 heterocycles. The van der Waals surface area contributed by atoms with Crippen LogP contribution in [0.1, 0.15) is 26.2 Å². The molecule has 2 atom stereocenters. The molecule has 2 unspecified atom stereocenters. The lowest BCUT2D eigenvalue weighted by Crippen LogP contribution is -2.22. The Morgan fingerprint density at radius 3 is 2.80 bits per heavy atom. The number of halogens is 1. The topological polar surface area (TPSA) is 38.0 Å². The second-order valence-corrected chi connectivity index (χ2v) is 4.40. The predicted octanol–water partition coefficient (Wildman–Crippen LogP) is 3.01. The molecule has 82 valence electrons. The predicted molar refractivity (Wildman–Crippen MR) is 61.2 cm³/mol. The molecule has 0 bridgehead atoms. The zero-order chi connectivity index (χ0) is 10.8. The number of hydrogen-bond acceptors (Lipinski definition) is 2. The highest BCUT2D eigenvalue weighted by Gasteiger charge is 2.23. The Kier molecular flexibility index (Phi) is 2.80. The molecule has 1 aromatic carbocycles. The van der Waals surface area contributed by atoms with Gasteiger partial charge in [-0.05, 0) is 37.0 Å². The smallest absolute Gasteiger partial charge is 0.148 e. The van der Waals surface area contributed by atoms with Crippen LogP contribution in [0.4, 0.5) is 15.8 Å². The van der Waals surface area contributed by atoms with Gasteiger partial charge in [0.1, 0.15) is 5.82 Å². The van der Waals surface area contributed by atoms with Gasteiger partial charge in [-0.25, -0.2) is 4.39 Å². The van der Waals surface area contributed by atoms with Crippen molar-refractivity contribution >= 4 is 11.4 Å². The summed E-state index contributed by atoms with van der Waals surface area (Å²) < 4.78 is 13.5. The van der Waals surface area contributed by atoms with Gasteiger partial charge >= 0.3 is 0 Å². The van der Waals surface area contributed by atoms with Gasteiger partial charge in [-0.2, -0.15) is 0 Å². The van der Waals surface area contributed by atoms with E-state index >= 15 is 0 Å². The quantitative estimate of drug-likeness (QED) is 0.733. The average molecular weight is 208 g/mol. The van der Waals surface area contributed by atoms with E-state index in [4.69, 9.17) is 5.73 Å². The van der Waals surface area contributed by atoms with Crippen LogP contribution >= 0.6 is 0 Å². The first kappa shape index (κ1) is 10.3. The molecule has 1 fully saturated rings. The van der Waals surface area contributed by atoms with Crippen LogP contribution in [0.15, 0.2) is 18.2 Å². The van der Waals surface area contributed by atoms with E-state index in [1.165, 1.54) is 18.9 Å². The molecule has 1 aliphatic carbocycles. The van der Waals surface area contributed by atoms with Crippen LogP contribution in [0.25, 0.3) is 0 Å². The summed E-state index contributed by atoms with van der Waals surface area (Å²) in [6.07, 6.45) is 3.59. The minimum atomic E-state index is -0.255. The lowest BCUT2D eigenvalue weighted by atomic mass is 10.1. The Hall–Kier alpha value is -1.25. The van der Waals surface area contributed by atoms with Crippen molar-refractivity contribution < 1.29 is 4.39 Å². The molecule has 15 heavy (non-hydrogen) atoms. The van der Waals surface area contributed by atoms with Gasteiger partial charge in [-0.3, -0.25) is 0 Å². The Labute approximate surface area is 89.7 Å². The Bertz CT molecular complexity index is 351. The van der Waals surface area contributed by atoms with Gasteiger partial charge in [0.05, 0.1) is 5.69 Å². The van der Waals surface area contributed by atoms with E-state index in [-0.39, 0.29) is 5.82 Å². The first-order valence-corrected chi connectivity index (χ1v) is 5.48. The summed E-state index contributed by atoms with van der Waals surface area (Å²) in [5.74, 6) is 0.371. The number of hydrogen-bond donors (Lipinski definition) is 2. The molecule has 1 aliphatic rings. The number of nitrogens with one attached hydrogen (secondary N) is 1. The minimum Gasteiger partial charge on any atom is -0.399 e. The Morgan fingerprint density at radius 2 is 2.20 bits per heavy atom.